The molecule has 2 aromatic rings. The van der Waals surface area contributed by atoms with Gasteiger partial charge in [-0.2, -0.15) is 0 Å². The number of benzene rings is 1. The van der Waals surface area contributed by atoms with Crippen LogP contribution in [0.1, 0.15) is 31.9 Å². The third kappa shape index (κ3) is 3.22. The van der Waals surface area contributed by atoms with Gasteiger partial charge in [0, 0.05) is 23.2 Å². The molecule has 5 nitrogen and oxygen atoms in total. The van der Waals surface area contributed by atoms with E-state index in [1.165, 1.54) is 0 Å². The highest BCUT2D eigenvalue weighted by Crippen LogP contribution is 2.31. The molecule has 0 radical (unpaired) electrons. The zero-order chi connectivity index (χ0) is 17.3. The second kappa shape index (κ2) is 6.77. The molecule has 1 heterocycles. The van der Waals surface area contributed by atoms with Crippen LogP contribution in [0.2, 0.25) is 0 Å². The van der Waals surface area contributed by atoms with E-state index in [2.05, 4.69) is 12.2 Å². The quantitative estimate of drug-likeness (QED) is 0.881. The van der Waals surface area contributed by atoms with Gasteiger partial charge in [0.15, 0.2) is 5.43 Å². The summed E-state index contributed by atoms with van der Waals surface area (Å²) < 4.78 is 1.88. The first-order valence-electron chi connectivity index (χ1n) is 8.56. The third-order valence-electron chi connectivity index (χ3n) is 5.03. The van der Waals surface area contributed by atoms with Gasteiger partial charge < -0.3 is 15.0 Å². The maximum Gasteiger partial charge on any atom is 0.240 e. The summed E-state index contributed by atoms with van der Waals surface area (Å²) in [4.78, 5) is 24.6. The van der Waals surface area contributed by atoms with E-state index in [1.54, 1.807) is 12.1 Å². The molecule has 1 atom stereocenters. The van der Waals surface area contributed by atoms with Gasteiger partial charge in [-0.15, -0.1) is 0 Å². The first-order chi connectivity index (χ1) is 11.5. The Morgan fingerprint density at radius 1 is 1.38 bits per heavy atom. The molecule has 24 heavy (non-hydrogen) atoms. The van der Waals surface area contributed by atoms with Gasteiger partial charge in [0.25, 0.3) is 0 Å². The highest BCUT2D eigenvalue weighted by atomic mass is 16.3. The number of aromatic nitrogens is 1. The van der Waals surface area contributed by atoms with E-state index >= 15 is 0 Å². The number of carbonyl (C=O) groups excluding carboxylic acids is 1. The van der Waals surface area contributed by atoms with Crippen LogP contribution in [-0.2, 0) is 11.3 Å². The molecule has 0 bridgehead atoms. The molecule has 1 aromatic heterocycles. The molecular formula is C19H24N2O3. The molecule has 0 aliphatic heterocycles. The summed E-state index contributed by atoms with van der Waals surface area (Å²) >= 11 is 0. The number of nitrogens with zero attached hydrogens (tertiary/aromatic N) is 1. The predicted octanol–water partition coefficient (Wildman–Crippen LogP) is 1.98. The topological polar surface area (TPSA) is 71.3 Å². The molecule has 128 valence electrons. The van der Waals surface area contributed by atoms with E-state index in [9.17, 15) is 14.7 Å². The summed E-state index contributed by atoms with van der Waals surface area (Å²) in [7, 11) is 0. The monoisotopic (exact) mass is 328 g/mol. The fraction of sp³-hybridized carbons (Fsp3) is 0.474. The minimum Gasteiger partial charge on any atom is -0.393 e. The van der Waals surface area contributed by atoms with Crippen LogP contribution in [0.25, 0.3) is 10.9 Å². The normalized spacial score (nSPS) is 21.3. The molecule has 1 fully saturated rings. The van der Waals surface area contributed by atoms with E-state index in [0.29, 0.717) is 11.3 Å². The van der Waals surface area contributed by atoms with Crippen LogP contribution in [-0.4, -0.2) is 27.7 Å². The molecule has 0 saturated heterocycles. The number of pyridine rings is 1. The van der Waals surface area contributed by atoms with Crippen molar-refractivity contribution in [2.24, 2.45) is 5.92 Å². The van der Waals surface area contributed by atoms with Gasteiger partial charge in [-0.1, -0.05) is 19.1 Å². The number of nitrogens with one attached hydrogen (secondary N) is 1. The van der Waals surface area contributed by atoms with Crippen LogP contribution >= 0.6 is 0 Å². The van der Waals surface area contributed by atoms with E-state index in [-0.39, 0.29) is 30.0 Å². The Kier molecular flexibility index (Phi) is 4.71. The van der Waals surface area contributed by atoms with Gasteiger partial charge in [0.2, 0.25) is 5.91 Å². The van der Waals surface area contributed by atoms with Gasteiger partial charge in [-0.3, -0.25) is 9.59 Å². The molecule has 2 N–H and O–H groups in total. The molecule has 1 amide bonds. The summed E-state index contributed by atoms with van der Waals surface area (Å²) in [5.74, 6) is 0.306. The van der Waals surface area contributed by atoms with Crippen molar-refractivity contribution in [1.82, 2.24) is 9.88 Å². The van der Waals surface area contributed by atoms with Crippen LogP contribution in [0, 0.1) is 12.8 Å². The number of amides is 1. The Morgan fingerprint density at radius 3 is 2.75 bits per heavy atom. The average molecular weight is 328 g/mol. The zero-order valence-corrected chi connectivity index (χ0v) is 14.2. The standard InChI is InChI=1S/C19H24N2O3/c1-3-16(13-9-14(22)10-13)20-19(24)11-21-12(2)8-18(23)15-6-4-5-7-17(15)21/h4-8,13-14,16,22H,3,9-11H2,1-2H3,(H,20,24)/t13?,14?,16-/m1/s1. The minimum absolute atomic E-state index is 0.0188. The maximum absolute atomic E-state index is 12.5. The highest BCUT2D eigenvalue weighted by Gasteiger charge is 2.33. The predicted molar refractivity (Wildman–Crippen MR) is 93.9 cm³/mol. The summed E-state index contributed by atoms with van der Waals surface area (Å²) in [5.41, 5.74) is 1.54. The average Bonchev–Trinajstić information content (AvgIpc) is 2.54. The van der Waals surface area contributed by atoms with Gasteiger partial charge in [-0.05, 0) is 44.2 Å². The summed E-state index contributed by atoms with van der Waals surface area (Å²) in [5, 5.41) is 13.2. The fourth-order valence-electron chi connectivity index (χ4n) is 3.57. The number of aliphatic hydroxyl groups excluding tert-OH is 1. The smallest absolute Gasteiger partial charge is 0.240 e. The first-order valence-corrected chi connectivity index (χ1v) is 8.56. The fourth-order valence-corrected chi connectivity index (χ4v) is 3.57. The molecule has 0 unspecified atom stereocenters. The first kappa shape index (κ1) is 16.7. The number of carbonyl (C=O) groups is 1. The van der Waals surface area contributed by atoms with E-state index < -0.39 is 0 Å². The molecular weight excluding hydrogens is 304 g/mol. The Hall–Kier alpha value is -2.14. The molecule has 1 aliphatic rings. The van der Waals surface area contributed by atoms with Crippen molar-refractivity contribution in [3.63, 3.8) is 0 Å². The van der Waals surface area contributed by atoms with Crippen molar-refractivity contribution in [3.8, 4) is 0 Å². The van der Waals surface area contributed by atoms with E-state index in [4.69, 9.17) is 0 Å². The Balaban J connectivity index is 1.79. The van der Waals surface area contributed by atoms with Crippen molar-refractivity contribution in [3.05, 3.63) is 46.2 Å². The number of hydrogen-bond donors (Lipinski definition) is 2. The van der Waals surface area contributed by atoms with E-state index in [0.717, 1.165) is 30.5 Å². The number of aryl methyl sites for hydroxylation is 1. The Morgan fingerprint density at radius 2 is 2.08 bits per heavy atom. The van der Waals surface area contributed by atoms with Crippen molar-refractivity contribution < 1.29 is 9.90 Å². The number of aliphatic hydroxyl groups is 1. The number of fused-ring (bicyclic) bond motifs is 1. The molecule has 0 spiro atoms. The molecule has 1 aliphatic carbocycles. The second-order valence-electron chi connectivity index (χ2n) is 6.72. The van der Waals surface area contributed by atoms with Gasteiger partial charge in [-0.25, -0.2) is 0 Å². The lowest BCUT2D eigenvalue weighted by molar-refractivity contribution is -0.123. The minimum atomic E-state index is -0.217. The number of rotatable bonds is 5. The molecule has 1 saturated carbocycles. The Labute approximate surface area is 141 Å². The van der Waals surface area contributed by atoms with Crippen molar-refractivity contribution in [2.45, 2.75) is 51.8 Å². The van der Waals surface area contributed by atoms with Crippen molar-refractivity contribution >= 4 is 16.8 Å². The maximum atomic E-state index is 12.5. The van der Waals surface area contributed by atoms with E-state index in [1.807, 2.05) is 29.7 Å². The molecule has 3 rings (SSSR count). The lowest BCUT2D eigenvalue weighted by atomic mass is 9.76. The van der Waals surface area contributed by atoms with Gasteiger partial charge in [0.05, 0.1) is 11.6 Å². The van der Waals surface area contributed by atoms with Crippen LogP contribution < -0.4 is 10.7 Å². The van der Waals surface area contributed by atoms with Crippen LogP contribution in [0.4, 0.5) is 0 Å². The highest BCUT2D eigenvalue weighted by molar-refractivity contribution is 5.82. The van der Waals surface area contributed by atoms with Crippen LogP contribution in [0.3, 0.4) is 0 Å². The molecule has 1 aromatic carbocycles. The summed E-state index contributed by atoms with van der Waals surface area (Å²) in [6, 6.07) is 9.05. The SMILES string of the molecule is CC[C@@H](NC(=O)Cn1c(C)cc(=O)c2ccccc21)C1CC(O)C1. The van der Waals surface area contributed by atoms with Crippen LogP contribution in [0.15, 0.2) is 35.1 Å². The van der Waals surface area contributed by atoms with Crippen molar-refractivity contribution in [1.29, 1.82) is 0 Å². The lowest BCUT2D eigenvalue weighted by Gasteiger charge is -2.37. The van der Waals surface area contributed by atoms with Gasteiger partial charge in [0.1, 0.15) is 6.54 Å². The zero-order valence-electron chi connectivity index (χ0n) is 14.2. The number of para-hydroxylation sites is 1. The van der Waals surface area contributed by atoms with Gasteiger partial charge >= 0.3 is 0 Å². The lowest BCUT2D eigenvalue weighted by Crippen LogP contribution is -2.47. The largest absolute Gasteiger partial charge is 0.393 e. The Bertz CT molecular complexity index is 806. The number of hydrogen-bond acceptors (Lipinski definition) is 3. The summed E-state index contributed by atoms with van der Waals surface area (Å²) in [6.07, 6.45) is 2.16. The van der Waals surface area contributed by atoms with Crippen molar-refractivity contribution in [2.75, 3.05) is 0 Å². The molecule has 5 heteroatoms. The van der Waals surface area contributed by atoms with Crippen LogP contribution in [0.5, 0.6) is 0 Å². The summed E-state index contributed by atoms with van der Waals surface area (Å²) in [6.45, 7) is 4.09. The third-order valence-corrected chi connectivity index (χ3v) is 5.03. The second-order valence-corrected chi connectivity index (χ2v) is 6.72.